The van der Waals surface area contributed by atoms with E-state index in [0.29, 0.717) is 17.3 Å². The Bertz CT molecular complexity index is 427. The first-order valence-corrected chi connectivity index (χ1v) is 5.73. The molecule has 1 fully saturated rings. The lowest BCUT2D eigenvalue weighted by Gasteiger charge is -2.33. The first-order valence-electron chi connectivity index (χ1n) is 5.73. The van der Waals surface area contributed by atoms with Crippen molar-refractivity contribution < 1.29 is 0 Å². The molecule has 2 N–H and O–H groups in total. The van der Waals surface area contributed by atoms with Crippen LogP contribution in [0.5, 0.6) is 0 Å². The molecule has 1 aromatic rings. The normalized spacial score (nSPS) is 20.8. The molecule has 4 nitrogen and oxygen atoms in total. The Morgan fingerprint density at radius 3 is 2.88 bits per heavy atom. The molecule has 1 aromatic heterocycles. The predicted molar refractivity (Wildman–Crippen MR) is 65.2 cm³/mol. The minimum absolute atomic E-state index is 0.630. The zero-order chi connectivity index (χ0) is 11.7. The van der Waals surface area contributed by atoms with E-state index in [9.17, 15) is 0 Å². The summed E-state index contributed by atoms with van der Waals surface area (Å²) in [5, 5.41) is 8.96. The van der Waals surface area contributed by atoms with E-state index in [4.69, 9.17) is 11.0 Å². The summed E-state index contributed by atoms with van der Waals surface area (Å²) in [7, 11) is 1.91. The number of nitrogens with two attached hydrogens (primary N) is 1. The van der Waals surface area contributed by atoms with Gasteiger partial charge in [0.05, 0.1) is 5.69 Å². The average molecular weight is 218 g/mol. The topological polar surface area (TPSA) is 58.0 Å². The van der Waals surface area contributed by atoms with E-state index in [1.807, 2.05) is 11.6 Å². The highest BCUT2D eigenvalue weighted by Crippen LogP contribution is 2.30. The molecule has 1 saturated heterocycles. The fraction of sp³-hybridized carbons (Fsp3) is 0.583. The van der Waals surface area contributed by atoms with E-state index in [2.05, 4.69) is 17.9 Å². The van der Waals surface area contributed by atoms with Crippen molar-refractivity contribution >= 4 is 11.5 Å². The van der Waals surface area contributed by atoms with Gasteiger partial charge in [-0.2, -0.15) is 5.26 Å². The molecule has 0 amide bonds. The van der Waals surface area contributed by atoms with Crippen LogP contribution >= 0.6 is 0 Å². The van der Waals surface area contributed by atoms with Gasteiger partial charge in [0.1, 0.15) is 17.6 Å². The monoisotopic (exact) mass is 218 g/mol. The lowest BCUT2D eigenvalue weighted by Crippen LogP contribution is -2.35. The van der Waals surface area contributed by atoms with E-state index < -0.39 is 0 Å². The fourth-order valence-electron chi connectivity index (χ4n) is 2.50. The quantitative estimate of drug-likeness (QED) is 0.780. The van der Waals surface area contributed by atoms with Gasteiger partial charge in [-0.25, -0.2) is 0 Å². The Balaban J connectivity index is 2.33. The second-order valence-electron chi connectivity index (χ2n) is 4.67. The zero-order valence-corrected chi connectivity index (χ0v) is 9.90. The van der Waals surface area contributed by atoms with Crippen LogP contribution in [0.25, 0.3) is 0 Å². The van der Waals surface area contributed by atoms with Crippen molar-refractivity contribution in [1.29, 1.82) is 5.26 Å². The number of nitrogens with zero attached hydrogens (tertiary/aromatic N) is 3. The van der Waals surface area contributed by atoms with Crippen LogP contribution in [0.4, 0.5) is 11.5 Å². The van der Waals surface area contributed by atoms with Crippen LogP contribution in [0.3, 0.4) is 0 Å². The molecule has 0 aliphatic carbocycles. The van der Waals surface area contributed by atoms with Crippen LogP contribution in [-0.2, 0) is 7.05 Å². The number of nitrogen functional groups attached to an aromatic ring is 1. The number of anilines is 2. The van der Waals surface area contributed by atoms with Crippen molar-refractivity contribution in [3.05, 3.63) is 11.8 Å². The van der Waals surface area contributed by atoms with Crippen LogP contribution < -0.4 is 10.6 Å². The second-order valence-corrected chi connectivity index (χ2v) is 4.67. The molecule has 16 heavy (non-hydrogen) atoms. The van der Waals surface area contributed by atoms with Crippen molar-refractivity contribution in [2.24, 2.45) is 13.0 Å². The third-order valence-corrected chi connectivity index (χ3v) is 3.30. The number of piperidine rings is 1. The third-order valence-electron chi connectivity index (χ3n) is 3.30. The molecular weight excluding hydrogens is 200 g/mol. The minimum Gasteiger partial charge on any atom is -0.396 e. The fourth-order valence-corrected chi connectivity index (χ4v) is 2.50. The van der Waals surface area contributed by atoms with Gasteiger partial charge in [0.2, 0.25) is 0 Å². The maximum Gasteiger partial charge on any atom is 0.133 e. The summed E-state index contributed by atoms with van der Waals surface area (Å²) in [6, 6.07) is 3.92. The molecule has 0 bridgehead atoms. The van der Waals surface area contributed by atoms with Crippen LogP contribution in [0.1, 0.15) is 25.5 Å². The summed E-state index contributed by atoms with van der Waals surface area (Å²) in [5.41, 5.74) is 7.33. The van der Waals surface area contributed by atoms with Gasteiger partial charge in [-0.1, -0.05) is 6.92 Å². The van der Waals surface area contributed by atoms with E-state index in [-0.39, 0.29) is 0 Å². The first kappa shape index (κ1) is 10.9. The van der Waals surface area contributed by atoms with Crippen molar-refractivity contribution in [3.63, 3.8) is 0 Å². The van der Waals surface area contributed by atoms with Crippen LogP contribution in [0, 0.1) is 17.2 Å². The predicted octanol–water partition coefficient (Wildman–Crippen LogP) is 1.72. The molecule has 0 spiro atoms. The Labute approximate surface area is 96.3 Å². The number of hydrogen-bond acceptors (Lipinski definition) is 3. The smallest absolute Gasteiger partial charge is 0.133 e. The number of nitriles is 1. The minimum atomic E-state index is 0.630. The summed E-state index contributed by atoms with van der Waals surface area (Å²) in [6.45, 7) is 4.33. The number of aromatic nitrogens is 1. The van der Waals surface area contributed by atoms with E-state index in [1.54, 1.807) is 6.07 Å². The maximum atomic E-state index is 8.96. The Kier molecular flexibility index (Phi) is 2.78. The SMILES string of the molecule is C[C@H]1CCCN(c2c(N)cc(C#N)n2C)C1. The van der Waals surface area contributed by atoms with E-state index in [1.165, 1.54) is 12.8 Å². The Morgan fingerprint density at radius 2 is 2.31 bits per heavy atom. The van der Waals surface area contributed by atoms with Gasteiger partial charge in [0.15, 0.2) is 0 Å². The highest BCUT2D eigenvalue weighted by atomic mass is 15.2. The van der Waals surface area contributed by atoms with Crippen LogP contribution in [-0.4, -0.2) is 17.7 Å². The van der Waals surface area contributed by atoms with Gasteiger partial charge >= 0.3 is 0 Å². The molecular formula is C12H18N4. The highest BCUT2D eigenvalue weighted by molar-refractivity contribution is 5.67. The summed E-state index contributed by atoms with van der Waals surface area (Å²) >= 11 is 0. The van der Waals surface area contributed by atoms with Gasteiger partial charge in [-0.3, -0.25) is 0 Å². The standard InChI is InChI=1S/C12H18N4/c1-9-4-3-5-16(8-9)12-11(14)6-10(7-13)15(12)2/h6,9H,3-5,8,14H2,1-2H3/t9-/m0/s1. The summed E-state index contributed by atoms with van der Waals surface area (Å²) in [5.74, 6) is 1.71. The van der Waals surface area contributed by atoms with E-state index >= 15 is 0 Å². The molecule has 2 rings (SSSR count). The molecule has 4 heteroatoms. The average Bonchev–Trinajstić information content (AvgIpc) is 2.53. The van der Waals surface area contributed by atoms with Crippen LogP contribution in [0.15, 0.2) is 6.07 Å². The van der Waals surface area contributed by atoms with Crippen molar-refractivity contribution in [1.82, 2.24) is 4.57 Å². The Morgan fingerprint density at radius 1 is 1.56 bits per heavy atom. The molecule has 1 aliphatic heterocycles. The molecule has 0 radical (unpaired) electrons. The third kappa shape index (κ3) is 1.73. The van der Waals surface area contributed by atoms with Crippen molar-refractivity contribution in [2.75, 3.05) is 23.7 Å². The van der Waals surface area contributed by atoms with Gasteiger partial charge in [-0.15, -0.1) is 0 Å². The lowest BCUT2D eigenvalue weighted by molar-refractivity contribution is 0.442. The van der Waals surface area contributed by atoms with Crippen molar-refractivity contribution in [3.8, 4) is 6.07 Å². The van der Waals surface area contributed by atoms with Gasteiger partial charge in [-0.05, 0) is 24.8 Å². The molecule has 0 unspecified atom stereocenters. The number of rotatable bonds is 1. The Hall–Kier alpha value is -1.63. The van der Waals surface area contributed by atoms with Crippen LogP contribution in [0.2, 0.25) is 0 Å². The molecule has 1 atom stereocenters. The van der Waals surface area contributed by atoms with Gasteiger partial charge < -0.3 is 15.2 Å². The molecule has 86 valence electrons. The molecule has 2 heterocycles. The first-order chi connectivity index (χ1) is 7.63. The van der Waals surface area contributed by atoms with Crippen molar-refractivity contribution in [2.45, 2.75) is 19.8 Å². The van der Waals surface area contributed by atoms with Gasteiger partial charge in [0, 0.05) is 20.1 Å². The largest absolute Gasteiger partial charge is 0.396 e. The highest BCUT2D eigenvalue weighted by Gasteiger charge is 2.22. The summed E-state index contributed by atoms with van der Waals surface area (Å²) in [6.07, 6.45) is 2.49. The lowest BCUT2D eigenvalue weighted by atomic mass is 10.0. The zero-order valence-electron chi connectivity index (χ0n) is 9.90. The molecule has 0 aromatic carbocycles. The maximum absolute atomic E-state index is 8.96. The van der Waals surface area contributed by atoms with E-state index in [0.717, 1.165) is 18.9 Å². The molecule has 1 aliphatic rings. The summed E-state index contributed by atoms with van der Waals surface area (Å²) in [4.78, 5) is 2.30. The van der Waals surface area contributed by atoms with Gasteiger partial charge in [0.25, 0.3) is 0 Å². The summed E-state index contributed by atoms with van der Waals surface area (Å²) < 4.78 is 1.90. The second kappa shape index (κ2) is 4.09. The number of hydrogen-bond donors (Lipinski definition) is 1. The molecule has 0 saturated carbocycles.